The highest BCUT2D eigenvalue weighted by molar-refractivity contribution is 4.82. The second kappa shape index (κ2) is 5.86. The standard InChI is InChI=1S/C13H28N2/c1-10(2)12(14)8-9-15(4)13-7-5-6-11(13)3/h10-13H,5-9,14H2,1-4H3. The first-order chi connectivity index (χ1) is 7.02. The van der Waals surface area contributed by atoms with E-state index in [9.17, 15) is 0 Å². The molecule has 0 aliphatic heterocycles. The maximum Gasteiger partial charge on any atom is 0.0118 e. The third kappa shape index (κ3) is 3.76. The Hall–Kier alpha value is -0.0800. The van der Waals surface area contributed by atoms with Gasteiger partial charge in [0, 0.05) is 12.1 Å². The number of hydrogen-bond acceptors (Lipinski definition) is 2. The lowest BCUT2D eigenvalue weighted by Gasteiger charge is -2.29. The smallest absolute Gasteiger partial charge is 0.0118 e. The topological polar surface area (TPSA) is 29.3 Å². The highest BCUT2D eigenvalue weighted by atomic mass is 15.1. The first-order valence-electron chi connectivity index (χ1n) is 6.48. The van der Waals surface area contributed by atoms with E-state index in [0.29, 0.717) is 12.0 Å². The molecule has 15 heavy (non-hydrogen) atoms. The van der Waals surface area contributed by atoms with Crippen LogP contribution in [0.4, 0.5) is 0 Å². The molecule has 2 N–H and O–H groups in total. The van der Waals surface area contributed by atoms with Crippen LogP contribution in [0.15, 0.2) is 0 Å². The van der Waals surface area contributed by atoms with Gasteiger partial charge in [-0.3, -0.25) is 0 Å². The van der Waals surface area contributed by atoms with Gasteiger partial charge in [-0.25, -0.2) is 0 Å². The van der Waals surface area contributed by atoms with Crippen LogP contribution in [0.2, 0.25) is 0 Å². The van der Waals surface area contributed by atoms with Crippen LogP contribution in [0, 0.1) is 11.8 Å². The predicted molar refractivity (Wildman–Crippen MR) is 66.9 cm³/mol. The molecule has 90 valence electrons. The molecule has 0 radical (unpaired) electrons. The summed E-state index contributed by atoms with van der Waals surface area (Å²) < 4.78 is 0. The summed E-state index contributed by atoms with van der Waals surface area (Å²) in [5.41, 5.74) is 6.07. The van der Waals surface area contributed by atoms with Crippen LogP contribution in [-0.2, 0) is 0 Å². The lowest BCUT2D eigenvalue weighted by molar-refractivity contribution is 0.195. The van der Waals surface area contributed by atoms with Gasteiger partial charge in [-0.05, 0) is 44.7 Å². The van der Waals surface area contributed by atoms with Crippen molar-refractivity contribution < 1.29 is 0 Å². The van der Waals surface area contributed by atoms with E-state index >= 15 is 0 Å². The molecule has 2 heteroatoms. The highest BCUT2D eigenvalue weighted by Gasteiger charge is 2.26. The molecule has 2 nitrogen and oxygen atoms in total. The second-order valence-corrected chi connectivity index (χ2v) is 5.65. The Labute approximate surface area is 95.2 Å². The summed E-state index contributed by atoms with van der Waals surface area (Å²) in [6, 6.07) is 1.17. The summed E-state index contributed by atoms with van der Waals surface area (Å²) in [4.78, 5) is 2.53. The van der Waals surface area contributed by atoms with E-state index in [1.807, 2.05) is 0 Å². The lowest BCUT2D eigenvalue weighted by Crippen LogP contribution is -2.38. The molecule has 3 unspecified atom stereocenters. The summed E-state index contributed by atoms with van der Waals surface area (Å²) in [5, 5.41) is 0. The van der Waals surface area contributed by atoms with E-state index in [1.54, 1.807) is 0 Å². The molecule has 3 atom stereocenters. The van der Waals surface area contributed by atoms with Gasteiger partial charge in [-0.15, -0.1) is 0 Å². The van der Waals surface area contributed by atoms with Gasteiger partial charge < -0.3 is 10.6 Å². The second-order valence-electron chi connectivity index (χ2n) is 5.65. The van der Waals surface area contributed by atoms with Gasteiger partial charge in [0.1, 0.15) is 0 Å². The molecule has 0 amide bonds. The molecular formula is C13H28N2. The van der Waals surface area contributed by atoms with E-state index in [0.717, 1.165) is 24.9 Å². The Bertz CT molecular complexity index is 179. The molecule has 1 aliphatic rings. The molecule has 0 heterocycles. The summed E-state index contributed by atoms with van der Waals surface area (Å²) in [5.74, 6) is 1.49. The summed E-state index contributed by atoms with van der Waals surface area (Å²) in [6.07, 6.45) is 5.34. The van der Waals surface area contributed by atoms with E-state index in [4.69, 9.17) is 5.73 Å². The molecule has 0 aromatic heterocycles. The maximum atomic E-state index is 6.07. The molecular weight excluding hydrogens is 184 g/mol. The minimum absolute atomic E-state index is 0.365. The third-order valence-corrected chi connectivity index (χ3v) is 4.05. The molecule has 0 spiro atoms. The molecule has 0 aromatic carbocycles. The Morgan fingerprint density at radius 2 is 2.00 bits per heavy atom. The highest BCUT2D eigenvalue weighted by Crippen LogP contribution is 2.28. The van der Waals surface area contributed by atoms with Gasteiger partial charge >= 0.3 is 0 Å². The molecule has 1 rings (SSSR count). The molecule has 1 fully saturated rings. The Morgan fingerprint density at radius 1 is 1.33 bits per heavy atom. The Kier molecular flexibility index (Phi) is 5.07. The number of rotatable bonds is 5. The summed E-state index contributed by atoms with van der Waals surface area (Å²) in [7, 11) is 2.26. The van der Waals surface area contributed by atoms with Crippen LogP contribution < -0.4 is 5.73 Å². The fourth-order valence-electron chi connectivity index (χ4n) is 2.63. The van der Waals surface area contributed by atoms with Gasteiger partial charge in [-0.2, -0.15) is 0 Å². The molecule has 0 aromatic rings. The van der Waals surface area contributed by atoms with Crippen LogP contribution in [0.1, 0.15) is 46.5 Å². The zero-order valence-electron chi connectivity index (χ0n) is 10.9. The van der Waals surface area contributed by atoms with E-state index in [-0.39, 0.29) is 0 Å². The summed E-state index contributed by atoms with van der Waals surface area (Å²) >= 11 is 0. The lowest BCUT2D eigenvalue weighted by atomic mass is 10.0. The molecule has 0 bridgehead atoms. The van der Waals surface area contributed by atoms with Crippen LogP contribution in [-0.4, -0.2) is 30.6 Å². The zero-order chi connectivity index (χ0) is 11.4. The first-order valence-corrected chi connectivity index (χ1v) is 6.48. The van der Waals surface area contributed by atoms with Crippen molar-refractivity contribution in [3.05, 3.63) is 0 Å². The number of nitrogens with zero attached hydrogens (tertiary/aromatic N) is 1. The fourth-order valence-corrected chi connectivity index (χ4v) is 2.63. The normalized spacial score (nSPS) is 29.0. The van der Waals surface area contributed by atoms with Gasteiger partial charge in [0.2, 0.25) is 0 Å². The Balaban J connectivity index is 2.26. The van der Waals surface area contributed by atoms with Crippen molar-refractivity contribution in [2.45, 2.75) is 58.5 Å². The van der Waals surface area contributed by atoms with E-state index < -0.39 is 0 Å². The molecule has 0 saturated heterocycles. The quantitative estimate of drug-likeness (QED) is 0.758. The van der Waals surface area contributed by atoms with Crippen LogP contribution in [0.5, 0.6) is 0 Å². The largest absolute Gasteiger partial charge is 0.327 e. The first kappa shape index (κ1) is 13.0. The van der Waals surface area contributed by atoms with Crippen molar-refractivity contribution in [3.63, 3.8) is 0 Å². The third-order valence-electron chi connectivity index (χ3n) is 4.05. The number of nitrogens with two attached hydrogens (primary N) is 1. The SMILES string of the molecule is CC(C)C(N)CCN(C)C1CCCC1C. The maximum absolute atomic E-state index is 6.07. The van der Waals surface area contributed by atoms with Crippen molar-refractivity contribution in [2.75, 3.05) is 13.6 Å². The van der Waals surface area contributed by atoms with Crippen LogP contribution in [0.25, 0.3) is 0 Å². The average molecular weight is 212 g/mol. The van der Waals surface area contributed by atoms with Crippen molar-refractivity contribution in [2.24, 2.45) is 17.6 Å². The average Bonchev–Trinajstić information content (AvgIpc) is 2.60. The molecule has 1 saturated carbocycles. The van der Waals surface area contributed by atoms with Crippen molar-refractivity contribution >= 4 is 0 Å². The monoisotopic (exact) mass is 212 g/mol. The van der Waals surface area contributed by atoms with Crippen molar-refractivity contribution in [3.8, 4) is 0 Å². The van der Waals surface area contributed by atoms with Crippen LogP contribution >= 0.6 is 0 Å². The predicted octanol–water partition coefficient (Wildman–Crippen LogP) is 2.48. The van der Waals surface area contributed by atoms with Crippen LogP contribution in [0.3, 0.4) is 0 Å². The van der Waals surface area contributed by atoms with E-state index in [2.05, 4.69) is 32.7 Å². The van der Waals surface area contributed by atoms with Crippen molar-refractivity contribution in [1.82, 2.24) is 4.90 Å². The van der Waals surface area contributed by atoms with Gasteiger partial charge in [0.15, 0.2) is 0 Å². The zero-order valence-corrected chi connectivity index (χ0v) is 10.9. The minimum atomic E-state index is 0.365. The van der Waals surface area contributed by atoms with Crippen molar-refractivity contribution in [1.29, 1.82) is 0 Å². The van der Waals surface area contributed by atoms with Gasteiger partial charge in [-0.1, -0.05) is 27.2 Å². The van der Waals surface area contributed by atoms with E-state index in [1.165, 1.54) is 19.3 Å². The minimum Gasteiger partial charge on any atom is -0.327 e. The summed E-state index contributed by atoms with van der Waals surface area (Å²) in [6.45, 7) is 7.97. The number of hydrogen-bond donors (Lipinski definition) is 1. The Morgan fingerprint density at radius 3 is 2.47 bits per heavy atom. The van der Waals surface area contributed by atoms with Gasteiger partial charge in [0.25, 0.3) is 0 Å². The van der Waals surface area contributed by atoms with Gasteiger partial charge in [0.05, 0.1) is 0 Å². The fraction of sp³-hybridized carbons (Fsp3) is 1.00. The molecule has 1 aliphatic carbocycles.